The van der Waals surface area contributed by atoms with Gasteiger partial charge in [-0.05, 0) is 5.92 Å². The van der Waals surface area contributed by atoms with Crippen LogP contribution in [0.25, 0.3) is 0 Å². The van der Waals surface area contributed by atoms with Crippen molar-refractivity contribution in [3.05, 3.63) is 0 Å². The van der Waals surface area contributed by atoms with Crippen LogP contribution in [0.3, 0.4) is 0 Å². The number of hydrogen-bond donors (Lipinski definition) is 7. The largest absolute Gasteiger partial charge is 0.481 e. The van der Waals surface area contributed by atoms with E-state index in [2.05, 4.69) is 5.73 Å². The second kappa shape index (κ2) is 14.7. The average molecular weight is 339 g/mol. The molecule has 0 aliphatic rings. The van der Waals surface area contributed by atoms with Gasteiger partial charge >= 0.3 is 23.9 Å². The maximum absolute atomic E-state index is 10.2. The standard InChI is InChI=1S/C6H13NO2.C4H7NO4.C2H5NO2/c1-3-4(2)5(7)6(8)9;5-2(4(8)9)1-3(6)7;3-1-2(4)5/h4-5H,3,7H2,1-2H3,(H,8,9);2H,1,5H2,(H,6,7)(H,8,9);1,3H2,(H,4,5). The second-order valence-corrected chi connectivity index (χ2v) is 4.39. The molecule has 0 aliphatic carbocycles. The normalized spacial score (nSPS) is 13.1. The molecule has 0 aromatic rings. The van der Waals surface area contributed by atoms with E-state index in [4.69, 9.17) is 31.9 Å². The molecule has 0 fully saturated rings. The zero-order valence-electron chi connectivity index (χ0n) is 13.0. The van der Waals surface area contributed by atoms with Gasteiger partial charge in [-0.25, -0.2) is 0 Å². The summed E-state index contributed by atoms with van der Waals surface area (Å²) in [5.41, 5.74) is 14.7. The van der Waals surface area contributed by atoms with Crippen molar-refractivity contribution in [1.82, 2.24) is 0 Å². The molecular weight excluding hydrogens is 314 g/mol. The van der Waals surface area contributed by atoms with Gasteiger partial charge in [0.2, 0.25) is 0 Å². The topological polar surface area (TPSA) is 227 Å². The van der Waals surface area contributed by atoms with Crippen LogP contribution in [0.4, 0.5) is 0 Å². The molecule has 0 heterocycles. The van der Waals surface area contributed by atoms with Gasteiger partial charge in [0.05, 0.1) is 13.0 Å². The highest BCUT2D eigenvalue weighted by molar-refractivity contribution is 5.80. The minimum atomic E-state index is -1.29. The van der Waals surface area contributed by atoms with Gasteiger partial charge in [-0.1, -0.05) is 20.3 Å². The van der Waals surface area contributed by atoms with Crippen LogP contribution in [-0.4, -0.2) is 62.9 Å². The van der Waals surface area contributed by atoms with Crippen molar-refractivity contribution in [2.45, 2.75) is 38.8 Å². The molecule has 0 bridgehead atoms. The van der Waals surface area contributed by atoms with Crippen molar-refractivity contribution in [2.75, 3.05) is 6.54 Å². The molecule has 0 saturated carbocycles. The van der Waals surface area contributed by atoms with Crippen LogP contribution in [0.1, 0.15) is 26.7 Å². The molecule has 11 nitrogen and oxygen atoms in total. The first-order valence-electron chi connectivity index (χ1n) is 6.50. The number of rotatable bonds is 7. The zero-order chi connectivity index (χ0) is 19.2. The maximum Gasteiger partial charge on any atom is 0.321 e. The number of aliphatic carboxylic acids is 4. The van der Waals surface area contributed by atoms with Gasteiger partial charge in [0.1, 0.15) is 12.1 Å². The van der Waals surface area contributed by atoms with Crippen LogP contribution in [0.5, 0.6) is 0 Å². The highest BCUT2D eigenvalue weighted by Crippen LogP contribution is 2.04. The second-order valence-electron chi connectivity index (χ2n) is 4.39. The Bertz CT molecular complexity index is 389. The summed E-state index contributed by atoms with van der Waals surface area (Å²) in [6.45, 7) is 3.48. The fraction of sp³-hybridized carbons (Fsp3) is 0.667. The summed E-state index contributed by atoms with van der Waals surface area (Å²) < 4.78 is 0. The molecule has 11 heteroatoms. The smallest absolute Gasteiger partial charge is 0.321 e. The molecule has 0 spiro atoms. The fourth-order valence-electron chi connectivity index (χ4n) is 0.773. The van der Waals surface area contributed by atoms with Gasteiger partial charge in [0.25, 0.3) is 0 Å². The van der Waals surface area contributed by atoms with Crippen LogP contribution in [-0.2, 0) is 19.2 Å². The molecule has 0 aromatic carbocycles. The highest BCUT2D eigenvalue weighted by Gasteiger charge is 2.17. The Morgan fingerprint density at radius 1 is 0.913 bits per heavy atom. The van der Waals surface area contributed by atoms with Gasteiger partial charge in [-0.15, -0.1) is 0 Å². The summed E-state index contributed by atoms with van der Waals surface area (Å²) in [6.07, 6.45) is 0.281. The van der Waals surface area contributed by atoms with E-state index in [9.17, 15) is 19.2 Å². The lowest BCUT2D eigenvalue weighted by Gasteiger charge is -2.11. The lowest BCUT2D eigenvalue weighted by atomic mass is 10.0. The third kappa shape index (κ3) is 19.8. The Kier molecular flexibility index (Phi) is 16.4. The Hall–Kier alpha value is -2.24. The van der Waals surface area contributed by atoms with Crippen LogP contribution >= 0.6 is 0 Å². The van der Waals surface area contributed by atoms with Gasteiger partial charge in [0, 0.05) is 0 Å². The summed E-state index contributed by atoms with van der Waals surface area (Å²) in [5.74, 6) is -4.31. The quantitative estimate of drug-likeness (QED) is 0.277. The van der Waals surface area contributed by atoms with Crippen molar-refractivity contribution in [3.8, 4) is 0 Å². The number of carboxylic acid groups (broad SMARTS) is 4. The molecule has 0 saturated heterocycles. The minimum absolute atomic E-state index is 0.0718. The summed E-state index contributed by atoms with van der Waals surface area (Å²) in [5, 5.41) is 32.0. The average Bonchev–Trinajstić information content (AvgIpc) is 2.45. The SMILES string of the molecule is CCC(C)C(N)C(=O)O.NC(CC(=O)O)C(=O)O.NCC(=O)O. The molecule has 0 amide bonds. The van der Waals surface area contributed by atoms with E-state index in [0.717, 1.165) is 6.42 Å². The maximum atomic E-state index is 10.2. The summed E-state index contributed by atoms with van der Waals surface area (Å²) in [6, 6.07) is -1.99. The molecule has 136 valence electrons. The number of nitrogens with two attached hydrogens (primary N) is 3. The summed E-state index contributed by atoms with van der Waals surface area (Å²) >= 11 is 0. The number of hydrogen-bond acceptors (Lipinski definition) is 7. The van der Waals surface area contributed by atoms with Gasteiger partial charge in [0.15, 0.2) is 0 Å². The zero-order valence-corrected chi connectivity index (χ0v) is 13.0. The minimum Gasteiger partial charge on any atom is -0.481 e. The van der Waals surface area contributed by atoms with Crippen molar-refractivity contribution < 1.29 is 39.6 Å². The van der Waals surface area contributed by atoms with Crippen molar-refractivity contribution in [3.63, 3.8) is 0 Å². The Balaban J connectivity index is -0.000000273. The van der Waals surface area contributed by atoms with E-state index in [-0.39, 0.29) is 12.5 Å². The van der Waals surface area contributed by atoms with Crippen LogP contribution in [0.15, 0.2) is 0 Å². The summed E-state index contributed by atoms with van der Waals surface area (Å²) in [4.78, 5) is 39.0. The molecule has 0 rings (SSSR count). The third-order valence-electron chi connectivity index (χ3n) is 2.43. The molecule has 10 N–H and O–H groups in total. The van der Waals surface area contributed by atoms with Crippen molar-refractivity contribution in [1.29, 1.82) is 0 Å². The Morgan fingerprint density at radius 3 is 1.39 bits per heavy atom. The van der Waals surface area contributed by atoms with E-state index in [1.807, 2.05) is 13.8 Å². The van der Waals surface area contributed by atoms with Gasteiger partial charge < -0.3 is 37.6 Å². The van der Waals surface area contributed by atoms with Crippen molar-refractivity contribution >= 4 is 23.9 Å². The van der Waals surface area contributed by atoms with Crippen LogP contribution in [0, 0.1) is 5.92 Å². The summed E-state index contributed by atoms with van der Waals surface area (Å²) in [7, 11) is 0. The lowest BCUT2D eigenvalue weighted by Crippen LogP contribution is -2.36. The molecule has 0 aromatic heterocycles. The van der Waals surface area contributed by atoms with E-state index in [1.165, 1.54) is 0 Å². The third-order valence-corrected chi connectivity index (χ3v) is 2.43. The molecule has 3 atom stereocenters. The predicted octanol–water partition coefficient (Wildman–Crippen LogP) is -1.65. The molecule has 0 radical (unpaired) electrons. The van der Waals surface area contributed by atoms with Gasteiger partial charge in [-0.2, -0.15) is 0 Å². The van der Waals surface area contributed by atoms with Gasteiger partial charge in [-0.3, -0.25) is 19.2 Å². The van der Waals surface area contributed by atoms with E-state index in [0.29, 0.717) is 0 Å². The van der Waals surface area contributed by atoms with Crippen LogP contribution in [0.2, 0.25) is 0 Å². The van der Waals surface area contributed by atoms with E-state index < -0.39 is 42.4 Å². The molecule has 23 heavy (non-hydrogen) atoms. The Labute approximate surface area is 133 Å². The van der Waals surface area contributed by atoms with E-state index in [1.54, 1.807) is 0 Å². The van der Waals surface area contributed by atoms with E-state index >= 15 is 0 Å². The fourth-order valence-corrected chi connectivity index (χ4v) is 0.773. The first kappa shape index (κ1) is 25.7. The highest BCUT2D eigenvalue weighted by atomic mass is 16.4. The molecular formula is C12H25N3O8. The van der Waals surface area contributed by atoms with Crippen LogP contribution < -0.4 is 17.2 Å². The molecule has 3 unspecified atom stereocenters. The monoisotopic (exact) mass is 339 g/mol. The first-order chi connectivity index (χ1) is 10.4. The lowest BCUT2D eigenvalue weighted by molar-refractivity contribution is -0.144. The number of carboxylic acids is 4. The first-order valence-corrected chi connectivity index (χ1v) is 6.50. The molecule has 0 aliphatic heterocycles. The number of carbonyl (C=O) groups is 4. The predicted molar refractivity (Wildman–Crippen MR) is 79.6 cm³/mol. The Morgan fingerprint density at radius 2 is 1.30 bits per heavy atom. The van der Waals surface area contributed by atoms with Crippen molar-refractivity contribution in [2.24, 2.45) is 23.1 Å².